The van der Waals surface area contributed by atoms with Crippen LogP contribution in [0.25, 0.3) is 0 Å². The quantitative estimate of drug-likeness (QED) is 0.912. The Bertz CT molecular complexity index is 569. The summed E-state index contributed by atoms with van der Waals surface area (Å²) < 4.78 is 28.9. The third-order valence-electron chi connectivity index (χ3n) is 2.13. The number of aryl methyl sites for hydroxylation is 1. The molecule has 0 saturated carbocycles. The van der Waals surface area contributed by atoms with Crippen molar-refractivity contribution >= 4 is 11.9 Å². The number of carbonyl (C=O) groups is 1. The number of amides is 1. The lowest BCUT2D eigenvalue weighted by atomic mass is 10.1. The Labute approximate surface area is 101 Å². The molecule has 1 aromatic heterocycles. The lowest BCUT2D eigenvalue weighted by Crippen LogP contribution is -2.12. The zero-order valence-electron chi connectivity index (χ0n) is 9.35. The van der Waals surface area contributed by atoms with E-state index in [1.54, 1.807) is 18.2 Å². The number of nitrogens with zero attached hydrogens (tertiary/aromatic N) is 2. The second-order valence-corrected chi connectivity index (χ2v) is 3.57. The molecule has 1 N–H and O–H groups in total. The Morgan fingerprint density at radius 1 is 1.39 bits per heavy atom. The third-order valence-corrected chi connectivity index (χ3v) is 2.13. The SMILES string of the molecule is Cc1cccc(C(=O)Nc2nnc(C(F)F)o2)c1. The van der Waals surface area contributed by atoms with Gasteiger partial charge < -0.3 is 4.42 Å². The molecule has 0 bridgehead atoms. The van der Waals surface area contributed by atoms with Crippen molar-refractivity contribution in [2.45, 2.75) is 13.3 Å². The minimum atomic E-state index is -2.86. The van der Waals surface area contributed by atoms with Gasteiger partial charge >= 0.3 is 12.4 Å². The smallest absolute Gasteiger partial charge is 0.322 e. The van der Waals surface area contributed by atoms with Crippen LogP contribution in [0, 0.1) is 6.92 Å². The van der Waals surface area contributed by atoms with Crippen LogP contribution in [-0.2, 0) is 0 Å². The summed E-state index contributed by atoms with van der Waals surface area (Å²) in [5, 5.41) is 8.64. The molecular formula is C11H9F2N3O2. The molecule has 0 aliphatic carbocycles. The first-order valence-electron chi connectivity index (χ1n) is 5.06. The van der Waals surface area contributed by atoms with E-state index in [4.69, 9.17) is 0 Å². The van der Waals surface area contributed by atoms with E-state index in [9.17, 15) is 13.6 Å². The first kappa shape index (κ1) is 12.2. The zero-order chi connectivity index (χ0) is 13.1. The number of halogens is 2. The van der Waals surface area contributed by atoms with Gasteiger partial charge in [-0.05, 0) is 19.1 Å². The molecule has 0 aliphatic heterocycles. The van der Waals surface area contributed by atoms with Crippen molar-refractivity contribution in [2.75, 3.05) is 5.32 Å². The predicted octanol–water partition coefficient (Wildman–Crippen LogP) is 2.57. The molecule has 0 radical (unpaired) electrons. The Morgan fingerprint density at radius 2 is 2.17 bits per heavy atom. The van der Waals surface area contributed by atoms with Crippen LogP contribution in [0.3, 0.4) is 0 Å². The van der Waals surface area contributed by atoms with Crippen LogP contribution in [0.15, 0.2) is 28.7 Å². The molecule has 94 valence electrons. The van der Waals surface area contributed by atoms with E-state index in [0.29, 0.717) is 5.56 Å². The van der Waals surface area contributed by atoms with E-state index < -0.39 is 18.2 Å². The van der Waals surface area contributed by atoms with Crippen LogP contribution >= 0.6 is 0 Å². The number of rotatable bonds is 3. The van der Waals surface area contributed by atoms with Gasteiger partial charge in [0.25, 0.3) is 11.8 Å². The first-order chi connectivity index (χ1) is 8.56. The molecule has 1 heterocycles. The van der Waals surface area contributed by atoms with Gasteiger partial charge in [-0.3, -0.25) is 10.1 Å². The molecule has 0 atom stereocenters. The summed E-state index contributed by atoms with van der Waals surface area (Å²) in [5.74, 6) is -1.32. The van der Waals surface area contributed by atoms with E-state index >= 15 is 0 Å². The first-order valence-corrected chi connectivity index (χ1v) is 5.06. The Hall–Kier alpha value is -2.31. The lowest BCUT2D eigenvalue weighted by molar-refractivity contribution is 0.101. The molecule has 0 spiro atoms. The van der Waals surface area contributed by atoms with Crippen LogP contribution in [-0.4, -0.2) is 16.1 Å². The molecule has 2 rings (SSSR count). The molecule has 0 fully saturated rings. The number of anilines is 1. The van der Waals surface area contributed by atoms with Gasteiger partial charge in [-0.2, -0.15) is 8.78 Å². The standard InChI is InChI=1S/C11H9F2N3O2/c1-6-3-2-4-7(5-6)9(17)14-11-16-15-10(18-11)8(12)13/h2-5,8H,1H3,(H,14,16,17). The summed E-state index contributed by atoms with van der Waals surface area (Å²) in [7, 11) is 0. The van der Waals surface area contributed by atoms with E-state index in [-0.39, 0.29) is 6.01 Å². The average molecular weight is 253 g/mol. The van der Waals surface area contributed by atoms with Gasteiger partial charge in [0, 0.05) is 5.56 Å². The molecule has 2 aromatic rings. The van der Waals surface area contributed by atoms with Crippen molar-refractivity contribution in [3.63, 3.8) is 0 Å². The molecule has 18 heavy (non-hydrogen) atoms. The highest BCUT2D eigenvalue weighted by Gasteiger charge is 2.17. The predicted molar refractivity (Wildman–Crippen MR) is 58.4 cm³/mol. The number of benzene rings is 1. The highest BCUT2D eigenvalue weighted by Crippen LogP contribution is 2.18. The highest BCUT2D eigenvalue weighted by molar-refractivity contribution is 6.03. The number of carbonyl (C=O) groups excluding carboxylic acids is 1. The van der Waals surface area contributed by atoms with Crippen LogP contribution in [0.1, 0.15) is 28.2 Å². The van der Waals surface area contributed by atoms with Gasteiger partial charge in [0.15, 0.2) is 0 Å². The monoisotopic (exact) mass is 253 g/mol. The molecule has 1 aromatic carbocycles. The van der Waals surface area contributed by atoms with Crippen molar-refractivity contribution in [3.8, 4) is 0 Å². The fourth-order valence-electron chi connectivity index (χ4n) is 1.33. The van der Waals surface area contributed by atoms with Crippen molar-refractivity contribution in [2.24, 2.45) is 0 Å². The van der Waals surface area contributed by atoms with Crippen molar-refractivity contribution < 1.29 is 18.0 Å². The number of hydrogen-bond acceptors (Lipinski definition) is 4. The molecule has 1 amide bonds. The number of nitrogens with one attached hydrogen (secondary N) is 1. The summed E-state index contributed by atoms with van der Waals surface area (Å²) in [5.41, 5.74) is 1.29. The van der Waals surface area contributed by atoms with Crippen molar-refractivity contribution in [1.29, 1.82) is 0 Å². The van der Waals surface area contributed by atoms with Gasteiger partial charge in [-0.15, -0.1) is 5.10 Å². The summed E-state index contributed by atoms with van der Waals surface area (Å²) in [6, 6.07) is 6.44. The van der Waals surface area contributed by atoms with Crippen LogP contribution in [0.2, 0.25) is 0 Å². The fourth-order valence-corrected chi connectivity index (χ4v) is 1.33. The Balaban J connectivity index is 2.11. The molecule has 7 heteroatoms. The Morgan fingerprint density at radius 3 is 2.78 bits per heavy atom. The minimum absolute atomic E-state index is 0.350. The second-order valence-electron chi connectivity index (χ2n) is 3.57. The summed E-state index contributed by atoms with van der Waals surface area (Å²) >= 11 is 0. The summed E-state index contributed by atoms with van der Waals surface area (Å²) in [4.78, 5) is 11.7. The van der Waals surface area contributed by atoms with Crippen LogP contribution in [0.5, 0.6) is 0 Å². The van der Waals surface area contributed by atoms with Crippen molar-refractivity contribution in [3.05, 3.63) is 41.3 Å². The molecular weight excluding hydrogens is 244 g/mol. The zero-order valence-corrected chi connectivity index (χ0v) is 9.35. The third kappa shape index (κ3) is 2.68. The maximum absolute atomic E-state index is 12.2. The number of alkyl halides is 2. The van der Waals surface area contributed by atoms with Gasteiger partial charge in [0.1, 0.15) is 0 Å². The lowest BCUT2D eigenvalue weighted by Gasteiger charge is -2.01. The van der Waals surface area contributed by atoms with E-state index in [2.05, 4.69) is 19.9 Å². The highest BCUT2D eigenvalue weighted by atomic mass is 19.3. The van der Waals surface area contributed by atoms with E-state index in [0.717, 1.165) is 5.56 Å². The fraction of sp³-hybridized carbons (Fsp3) is 0.182. The topological polar surface area (TPSA) is 68.0 Å². The van der Waals surface area contributed by atoms with E-state index in [1.807, 2.05) is 13.0 Å². The average Bonchev–Trinajstić information content (AvgIpc) is 2.77. The molecule has 0 saturated heterocycles. The van der Waals surface area contributed by atoms with Crippen molar-refractivity contribution in [1.82, 2.24) is 10.2 Å². The molecule has 0 aliphatic rings. The normalized spacial score (nSPS) is 10.7. The minimum Gasteiger partial charge on any atom is -0.402 e. The van der Waals surface area contributed by atoms with Crippen LogP contribution < -0.4 is 5.32 Å². The van der Waals surface area contributed by atoms with Crippen LogP contribution in [0.4, 0.5) is 14.8 Å². The molecule has 5 nitrogen and oxygen atoms in total. The number of hydrogen-bond donors (Lipinski definition) is 1. The van der Waals surface area contributed by atoms with Gasteiger partial charge in [-0.1, -0.05) is 22.8 Å². The van der Waals surface area contributed by atoms with E-state index in [1.165, 1.54) is 0 Å². The summed E-state index contributed by atoms with van der Waals surface area (Å²) in [6.07, 6.45) is -2.86. The van der Waals surface area contributed by atoms with Gasteiger partial charge in [-0.25, -0.2) is 0 Å². The maximum atomic E-state index is 12.2. The Kier molecular flexibility index (Phi) is 3.31. The van der Waals surface area contributed by atoms with Gasteiger partial charge in [0.2, 0.25) is 0 Å². The largest absolute Gasteiger partial charge is 0.402 e. The maximum Gasteiger partial charge on any atom is 0.322 e. The van der Waals surface area contributed by atoms with Gasteiger partial charge in [0.05, 0.1) is 0 Å². The number of aromatic nitrogens is 2. The second kappa shape index (κ2) is 4.91. The summed E-state index contributed by atoms with van der Waals surface area (Å²) in [6.45, 7) is 1.83. The molecule has 0 unspecified atom stereocenters.